The Morgan fingerprint density at radius 3 is 2.46 bits per heavy atom. The Morgan fingerprint density at radius 1 is 1.23 bits per heavy atom. The monoisotopic (exact) mass is 417 g/mol. The summed E-state index contributed by atoms with van der Waals surface area (Å²) in [7, 11) is -3.77. The Balaban J connectivity index is 2.23. The van der Waals surface area contributed by atoms with Gasteiger partial charge in [-0.1, -0.05) is 50.1 Å². The molecule has 26 heavy (non-hydrogen) atoms. The van der Waals surface area contributed by atoms with Crippen LogP contribution < -0.4 is 4.74 Å². The zero-order chi connectivity index (χ0) is 19.2. The first-order valence-corrected chi connectivity index (χ1v) is 11.1. The first-order valence-electron chi connectivity index (χ1n) is 8.46. The van der Waals surface area contributed by atoms with Crippen molar-refractivity contribution in [3.63, 3.8) is 0 Å². The number of nitrogens with zero attached hydrogens (tertiary/aromatic N) is 1. The number of hydrogen-bond donors (Lipinski definition) is 1. The second kappa shape index (κ2) is 9.71. The molecule has 2 aromatic rings. The summed E-state index contributed by atoms with van der Waals surface area (Å²) >= 11 is 6.93. The van der Waals surface area contributed by atoms with Gasteiger partial charge in [-0.2, -0.15) is 4.31 Å². The lowest BCUT2D eigenvalue weighted by molar-refractivity contribution is 0.131. The van der Waals surface area contributed by atoms with Gasteiger partial charge in [0.1, 0.15) is 16.6 Å². The Labute approximate surface area is 164 Å². The smallest absolute Gasteiger partial charge is 0.253 e. The molecule has 0 aliphatic carbocycles. The molecule has 8 heteroatoms. The van der Waals surface area contributed by atoms with Gasteiger partial charge in [0.25, 0.3) is 10.0 Å². The van der Waals surface area contributed by atoms with Gasteiger partial charge in [-0.05, 0) is 30.2 Å². The maximum atomic E-state index is 13.1. The summed E-state index contributed by atoms with van der Waals surface area (Å²) in [5.74, 6) is 0.676. The number of para-hydroxylation sites is 1. The molecule has 0 amide bonds. The van der Waals surface area contributed by atoms with E-state index < -0.39 is 16.1 Å². The molecule has 0 saturated heterocycles. The molecule has 2 atom stereocenters. The Kier molecular flexibility index (Phi) is 7.91. The molecular formula is C18H24ClNO4S2. The standard InChI is InChI=1S/C18H24ClNO4S2/c1-3-14(2)16(13-21)20(11-12-24-15-7-5-4-6-8-15)26(22,23)18-10-9-17(19)25-18/h4-10,14,16,21H,3,11-13H2,1-2H3/t14-,16-/m0/s1. The van der Waals surface area contributed by atoms with Crippen LogP contribution in [0.5, 0.6) is 5.75 Å². The van der Waals surface area contributed by atoms with Crippen LogP contribution in [0.1, 0.15) is 20.3 Å². The van der Waals surface area contributed by atoms with E-state index in [0.29, 0.717) is 10.1 Å². The first-order chi connectivity index (χ1) is 12.4. The molecule has 1 N–H and O–H groups in total. The molecule has 0 unspecified atom stereocenters. The number of sulfonamides is 1. The minimum absolute atomic E-state index is 0.00179. The topological polar surface area (TPSA) is 66.8 Å². The van der Waals surface area contributed by atoms with Gasteiger partial charge in [0.05, 0.1) is 17.0 Å². The molecule has 0 spiro atoms. The number of benzene rings is 1. The van der Waals surface area contributed by atoms with Crippen molar-refractivity contribution in [3.05, 3.63) is 46.8 Å². The SMILES string of the molecule is CC[C@H](C)[C@H](CO)N(CCOc1ccccc1)S(=O)(=O)c1ccc(Cl)s1. The molecule has 1 heterocycles. The Hall–Kier alpha value is -1.12. The number of thiophene rings is 1. The summed E-state index contributed by atoms with van der Waals surface area (Å²) in [5, 5.41) is 9.86. The van der Waals surface area contributed by atoms with E-state index in [2.05, 4.69) is 0 Å². The number of aliphatic hydroxyl groups is 1. The zero-order valence-electron chi connectivity index (χ0n) is 14.8. The van der Waals surface area contributed by atoms with Crippen molar-refractivity contribution in [2.24, 2.45) is 5.92 Å². The van der Waals surface area contributed by atoms with Gasteiger partial charge in [-0.25, -0.2) is 8.42 Å². The summed E-state index contributed by atoms with van der Waals surface area (Å²) in [6, 6.07) is 11.8. The minimum Gasteiger partial charge on any atom is -0.492 e. The molecule has 0 aliphatic rings. The van der Waals surface area contributed by atoms with Crippen molar-refractivity contribution in [2.75, 3.05) is 19.8 Å². The summed E-state index contributed by atoms with van der Waals surface area (Å²) in [5.41, 5.74) is 0. The molecule has 5 nitrogen and oxygen atoms in total. The highest BCUT2D eigenvalue weighted by Crippen LogP contribution is 2.30. The van der Waals surface area contributed by atoms with E-state index >= 15 is 0 Å². The Bertz CT molecular complexity index is 779. The van der Waals surface area contributed by atoms with E-state index in [-0.39, 0.29) is 29.9 Å². The predicted molar refractivity (Wildman–Crippen MR) is 105 cm³/mol. The van der Waals surface area contributed by atoms with Gasteiger partial charge in [0, 0.05) is 6.54 Å². The van der Waals surface area contributed by atoms with Crippen molar-refractivity contribution in [1.29, 1.82) is 0 Å². The van der Waals surface area contributed by atoms with Crippen LogP contribution in [0, 0.1) is 5.92 Å². The van der Waals surface area contributed by atoms with E-state index in [4.69, 9.17) is 16.3 Å². The highest BCUT2D eigenvalue weighted by molar-refractivity contribution is 7.91. The molecule has 0 saturated carbocycles. The third-order valence-corrected chi connectivity index (χ3v) is 7.92. The largest absolute Gasteiger partial charge is 0.492 e. The fourth-order valence-corrected chi connectivity index (χ4v) is 5.92. The Morgan fingerprint density at radius 2 is 1.92 bits per heavy atom. The number of hydrogen-bond acceptors (Lipinski definition) is 5. The maximum Gasteiger partial charge on any atom is 0.253 e. The van der Waals surface area contributed by atoms with Gasteiger partial charge in [-0.15, -0.1) is 11.3 Å². The van der Waals surface area contributed by atoms with Crippen LogP contribution in [0.15, 0.2) is 46.7 Å². The molecule has 0 fully saturated rings. The van der Waals surface area contributed by atoms with Crippen LogP contribution in [-0.4, -0.2) is 43.6 Å². The van der Waals surface area contributed by atoms with Gasteiger partial charge in [-0.3, -0.25) is 0 Å². The second-order valence-corrected chi connectivity index (χ2v) is 9.80. The number of halogens is 1. The maximum absolute atomic E-state index is 13.1. The van der Waals surface area contributed by atoms with Crippen molar-refractivity contribution >= 4 is 33.0 Å². The van der Waals surface area contributed by atoms with Crippen LogP contribution in [-0.2, 0) is 10.0 Å². The minimum atomic E-state index is -3.77. The molecule has 0 radical (unpaired) electrons. The molecule has 144 valence electrons. The van der Waals surface area contributed by atoms with Gasteiger partial charge in [0.15, 0.2) is 0 Å². The lowest BCUT2D eigenvalue weighted by Crippen LogP contribution is -2.47. The summed E-state index contributed by atoms with van der Waals surface area (Å²) < 4.78 is 33.8. The second-order valence-electron chi connectivity index (χ2n) is 5.97. The number of aliphatic hydroxyl groups excluding tert-OH is 1. The van der Waals surface area contributed by atoms with Crippen molar-refractivity contribution in [3.8, 4) is 5.75 Å². The average molecular weight is 418 g/mol. The quantitative estimate of drug-likeness (QED) is 0.637. The van der Waals surface area contributed by atoms with E-state index in [0.717, 1.165) is 17.8 Å². The van der Waals surface area contributed by atoms with E-state index in [1.54, 1.807) is 6.07 Å². The molecular weight excluding hydrogens is 394 g/mol. The highest BCUT2D eigenvalue weighted by atomic mass is 35.5. The first kappa shape index (κ1) is 21.2. The summed E-state index contributed by atoms with van der Waals surface area (Å²) in [6.07, 6.45) is 0.752. The zero-order valence-corrected chi connectivity index (χ0v) is 17.2. The van der Waals surface area contributed by atoms with Crippen LogP contribution >= 0.6 is 22.9 Å². The van der Waals surface area contributed by atoms with Crippen LogP contribution in [0.25, 0.3) is 0 Å². The third-order valence-electron chi connectivity index (χ3n) is 4.29. The van der Waals surface area contributed by atoms with Crippen molar-refractivity contribution in [2.45, 2.75) is 30.5 Å². The molecule has 0 bridgehead atoms. The predicted octanol–water partition coefficient (Wildman–Crippen LogP) is 3.88. The summed E-state index contributed by atoms with van der Waals surface area (Å²) in [4.78, 5) is 0. The normalized spacial score (nSPS) is 14.3. The fraction of sp³-hybridized carbons (Fsp3) is 0.444. The lowest BCUT2D eigenvalue weighted by atomic mass is 10.00. The molecule has 0 aliphatic heterocycles. The van der Waals surface area contributed by atoms with Crippen LogP contribution in [0.2, 0.25) is 4.34 Å². The van der Waals surface area contributed by atoms with Gasteiger partial charge >= 0.3 is 0 Å². The van der Waals surface area contributed by atoms with Crippen LogP contribution in [0.3, 0.4) is 0 Å². The van der Waals surface area contributed by atoms with Crippen molar-refractivity contribution in [1.82, 2.24) is 4.31 Å². The average Bonchev–Trinajstić information content (AvgIpc) is 3.08. The number of ether oxygens (including phenoxy) is 1. The van der Waals surface area contributed by atoms with E-state index in [1.807, 2.05) is 44.2 Å². The molecule has 2 rings (SSSR count). The van der Waals surface area contributed by atoms with Crippen LogP contribution in [0.4, 0.5) is 0 Å². The number of rotatable bonds is 10. The van der Waals surface area contributed by atoms with Gasteiger partial charge in [0.2, 0.25) is 0 Å². The fourth-order valence-electron chi connectivity index (χ4n) is 2.61. The lowest BCUT2D eigenvalue weighted by Gasteiger charge is -2.32. The highest BCUT2D eigenvalue weighted by Gasteiger charge is 2.34. The molecule has 1 aromatic heterocycles. The van der Waals surface area contributed by atoms with Crippen molar-refractivity contribution < 1.29 is 18.3 Å². The third kappa shape index (κ3) is 5.20. The molecule has 1 aromatic carbocycles. The summed E-state index contributed by atoms with van der Waals surface area (Å²) in [6.45, 7) is 3.99. The van der Waals surface area contributed by atoms with E-state index in [9.17, 15) is 13.5 Å². The van der Waals surface area contributed by atoms with E-state index in [1.165, 1.54) is 10.4 Å². The van der Waals surface area contributed by atoms with Gasteiger partial charge < -0.3 is 9.84 Å².